The van der Waals surface area contributed by atoms with Crippen molar-refractivity contribution in [1.82, 2.24) is 5.32 Å². The van der Waals surface area contributed by atoms with E-state index in [4.69, 9.17) is 10.9 Å². The third-order valence-corrected chi connectivity index (χ3v) is 3.36. The lowest BCUT2D eigenvalue weighted by atomic mass is 10.1. The van der Waals surface area contributed by atoms with Crippen molar-refractivity contribution in [2.24, 2.45) is 10.9 Å². The number of carbonyl (C=O) groups excluding carboxylic acids is 1. The number of oxime groups is 1. The highest BCUT2D eigenvalue weighted by molar-refractivity contribution is 9.10. The Balaban J connectivity index is 2.91. The second-order valence-corrected chi connectivity index (χ2v) is 4.73. The van der Waals surface area contributed by atoms with E-state index in [-0.39, 0.29) is 15.9 Å². The molecule has 4 N–H and O–H groups in total. The van der Waals surface area contributed by atoms with Gasteiger partial charge in [-0.25, -0.2) is 4.39 Å². The van der Waals surface area contributed by atoms with E-state index in [2.05, 4.69) is 26.4 Å². The molecular weight excluding hydrogens is 317 g/mol. The molecular formula is C12H15BrFN3O2. The van der Waals surface area contributed by atoms with Gasteiger partial charge in [-0.15, -0.1) is 0 Å². The van der Waals surface area contributed by atoms with E-state index in [0.29, 0.717) is 6.42 Å². The van der Waals surface area contributed by atoms with Gasteiger partial charge in [-0.2, -0.15) is 0 Å². The Kier molecular flexibility index (Phi) is 5.75. The first kappa shape index (κ1) is 15.4. The fourth-order valence-electron chi connectivity index (χ4n) is 1.57. The van der Waals surface area contributed by atoms with Crippen LogP contribution in [-0.2, 0) is 0 Å². The van der Waals surface area contributed by atoms with E-state index in [1.165, 1.54) is 18.2 Å². The van der Waals surface area contributed by atoms with Crippen molar-refractivity contribution in [3.05, 3.63) is 34.1 Å². The van der Waals surface area contributed by atoms with Gasteiger partial charge in [-0.1, -0.05) is 24.6 Å². The monoisotopic (exact) mass is 331 g/mol. The van der Waals surface area contributed by atoms with Gasteiger partial charge in [0.15, 0.2) is 5.84 Å². The second kappa shape index (κ2) is 7.08. The minimum atomic E-state index is -0.585. The predicted molar refractivity (Wildman–Crippen MR) is 73.7 cm³/mol. The Morgan fingerprint density at radius 3 is 2.89 bits per heavy atom. The molecule has 1 amide bonds. The summed E-state index contributed by atoms with van der Waals surface area (Å²) in [4.78, 5) is 12.0. The standard InChI is InChI=1S/C12H15BrFN3O2/c1-2-4-9(11(15)17-19)16-12(18)7-5-3-6-8(14)10(7)13/h3,5-6,9,19H,2,4H2,1H3,(H2,15,17)(H,16,18). The zero-order chi connectivity index (χ0) is 14.4. The highest BCUT2D eigenvalue weighted by Gasteiger charge is 2.19. The molecule has 0 saturated heterocycles. The SMILES string of the molecule is CCCC(NC(=O)c1cccc(F)c1Br)/C(N)=N/O. The van der Waals surface area contributed by atoms with Crippen molar-refractivity contribution < 1.29 is 14.4 Å². The van der Waals surface area contributed by atoms with Gasteiger partial charge in [0, 0.05) is 0 Å². The summed E-state index contributed by atoms with van der Waals surface area (Å²) in [5.74, 6) is -1.09. The molecule has 1 atom stereocenters. The fourth-order valence-corrected chi connectivity index (χ4v) is 2.01. The molecule has 1 rings (SSSR count). The lowest BCUT2D eigenvalue weighted by Gasteiger charge is -2.17. The van der Waals surface area contributed by atoms with Crippen molar-refractivity contribution in [3.63, 3.8) is 0 Å². The summed E-state index contributed by atoms with van der Waals surface area (Å²) in [6.45, 7) is 1.90. The first-order chi connectivity index (χ1) is 9.01. The molecule has 0 radical (unpaired) electrons. The normalized spacial score (nSPS) is 13.1. The molecule has 1 aromatic carbocycles. The van der Waals surface area contributed by atoms with Gasteiger partial charge in [0.1, 0.15) is 5.82 Å². The summed E-state index contributed by atoms with van der Waals surface area (Å²) >= 11 is 3.02. The molecule has 1 unspecified atom stereocenters. The molecule has 5 nitrogen and oxygen atoms in total. The third-order valence-electron chi connectivity index (χ3n) is 2.55. The molecule has 19 heavy (non-hydrogen) atoms. The number of carbonyl (C=O) groups is 1. The number of nitrogens with two attached hydrogens (primary N) is 1. The largest absolute Gasteiger partial charge is 0.409 e. The Bertz CT molecular complexity index is 494. The van der Waals surface area contributed by atoms with Gasteiger partial charge >= 0.3 is 0 Å². The van der Waals surface area contributed by atoms with Crippen LogP contribution in [0.4, 0.5) is 4.39 Å². The van der Waals surface area contributed by atoms with Crippen LogP contribution in [-0.4, -0.2) is 23.0 Å². The molecule has 0 fully saturated rings. The molecule has 0 aliphatic carbocycles. The number of hydrogen-bond acceptors (Lipinski definition) is 3. The number of benzene rings is 1. The van der Waals surface area contributed by atoms with Gasteiger partial charge in [0.25, 0.3) is 5.91 Å². The van der Waals surface area contributed by atoms with Gasteiger partial charge in [0.05, 0.1) is 16.1 Å². The van der Waals surface area contributed by atoms with Gasteiger partial charge in [0.2, 0.25) is 0 Å². The number of amidine groups is 1. The Morgan fingerprint density at radius 1 is 1.63 bits per heavy atom. The Hall–Kier alpha value is -1.63. The zero-order valence-electron chi connectivity index (χ0n) is 10.4. The smallest absolute Gasteiger partial charge is 0.253 e. The molecule has 104 valence electrons. The number of rotatable bonds is 5. The van der Waals surface area contributed by atoms with E-state index in [1.54, 1.807) is 0 Å². The molecule has 0 saturated carbocycles. The zero-order valence-corrected chi connectivity index (χ0v) is 11.9. The third kappa shape index (κ3) is 3.92. The minimum Gasteiger partial charge on any atom is -0.409 e. The van der Waals surface area contributed by atoms with E-state index in [9.17, 15) is 9.18 Å². The van der Waals surface area contributed by atoms with Crippen molar-refractivity contribution in [2.75, 3.05) is 0 Å². The predicted octanol–water partition coefficient (Wildman–Crippen LogP) is 2.23. The number of hydrogen-bond donors (Lipinski definition) is 3. The van der Waals surface area contributed by atoms with Crippen LogP contribution < -0.4 is 11.1 Å². The lowest BCUT2D eigenvalue weighted by molar-refractivity contribution is 0.0943. The molecule has 0 bridgehead atoms. The molecule has 0 aliphatic rings. The van der Waals surface area contributed by atoms with E-state index in [1.807, 2.05) is 6.92 Å². The van der Waals surface area contributed by atoms with Crippen LogP contribution in [0.2, 0.25) is 0 Å². The summed E-state index contributed by atoms with van der Waals surface area (Å²) < 4.78 is 13.4. The fraction of sp³-hybridized carbons (Fsp3) is 0.333. The number of amides is 1. The van der Waals surface area contributed by atoms with Crippen LogP contribution in [0.1, 0.15) is 30.1 Å². The summed E-state index contributed by atoms with van der Waals surface area (Å²) in [5.41, 5.74) is 5.66. The van der Waals surface area contributed by atoms with Crippen LogP contribution in [0.3, 0.4) is 0 Å². The van der Waals surface area contributed by atoms with Crippen LogP contribution in [0.15, 0.2) is 27.8 Å². The molecule has 7 heteroatoms. The molecule has 0 aromatic heterocycles. The van der Waals surface area contributed by atoms with Gasteiger partial charge in [-0.05, 0) is 34.5 Å². The van der Waals surface area contributed by atoms with Crippen molar-refractivity contribution in [1.29, 1.82) is 0 Å². The average Bonchev–Trinajstić information content (AvgIpc) is 2.40. The Labute approximate surface area is 118 Å². The number of nitrogens with one attached hydrogen (secondary N) is 1. The highest BCUT2D eigenvalue weighted by atomic mass is 79.9. The number of halogens is 2. The van der Waals surface area contributed by atoms with Crippen molar-refractivity contribution >= 4 is 27.7 Å². The van der Waals surface area contributed by atoms with Crippen molar-refractivity contribution in [3.8, 4) is 0 Å². The quantitative estimate of drug-likeness (QED) is 0.334. The van der Waals surface area contributed by atoms with Gasteiger partial charge < -0.3 is 16.3 Å². The second-order valence-electron chi connectivity index (χ2n) is 3.94. The van der Waals surface area contributed by atoms with Crippen molar-refractivity contribution in [2.45, 2.75) is 25.8 Å². The van der Waals surface area contributed by atoms with Gasteiger partial charge in [-0.3, -0.25) is 4.79 Å². The van der Waals surface area contributed by atoms with Crippen LogP contribution >= 0.6 is 15.9 Å². The summed E-state index contributed by atoms with van der Waals surface area (Å²) in [6, 6.07) is 3.58. The topological polar surface area (TPSA) is 87.7 Å². The van der Waals surface area contributed by atoms with Crippen LogP contribution in [0.5, 0.6) is 0 Å². The van der Waals surface area contributed by atoms with Crippen LogP contribution in [0.25, 0.3) is 0 Å². The highest BCUT2D eigenvalue weighted by Crippen LogP contribution is 2.20. The molecule has 0 heterocycles. The molecule has 0 spiro atoms. The van der Waals surface area contributed by atoms with E-state index < -0.39 is 17.8 Å². The maximum atomic E-state index is 13.3. The summed E-state index contributed by atoms with van der Waals surface area (Å²) in [7, 11) is 0. The van der Waals surface area contributed by atoms with E-state index in [0.717, 1.165) is 6.42 Å². The summed E-state index contributed by atoms with van der Waals surface area (Å²) in [5, 5.41) is 14.1. The first-order valence-corrected chi connectivity index (χ1v) is 6.52. The maximum absolute atomic E-state index is 13.3. The minimum absolute atomic E-state index is 0.0808. The summed E-state index contributed by atoms with van der Waals surface area (Å²) in [6.07, 6.45) is 1.26. The van der Waals surface area contributed by atoms with Crippen LogP contribution in [0, 0.1) is 5.82 Å². The first-order valence-electron chi connectivity index (χ1n) is 5.73. The molecule has 0 aliphatic heterocycles. The lowest BCUT2D eigenvalue weighted by Crippen LogP contribution is -2.44. The Morgan fingerprint density at radius 2 is 2.32 bits per heavy atom. The van der Waals surface area contributed by atoms with E-state index >= 15 is 0 Å². The molecule has 1 aromatic rings. The average molecular weight is 332 g/mol. The number of nitrogens with zero attached hydrogens (tertiary/aromatic N) is 1. The maximum Gasteiger partial charge on any atom is 0.253 e.